The summed E-state index contributed by atoms with van der Waals surface area (Å²) in [6, 6.07) is -1.03. The number of amides is 2. The van der Waals surface area contributed by atoms with E-state index < -0.39 is 12.0 Å². The van der Waals surface area contributed by atoms with Gasteiger partial charge in [-0.25, -0.2) is 4.79 Å². The van der Waals surface area contributed by atoms with Gasteiger partial charge in [-0.1, -0.05) is 0 Å². The summed E-state index contributed by atoms with van der Waals surface area (Å²) in [7, 11) is 0. The molecule has 3 rings (SSSR count). The molecule has 0 radical (unpaired) electrons. The Kier molecular flexibility index (Phi) is 2.09. The number of rotatable bonds is 2. The van der Waals surface area contributed by atoms with Gasteiger partial charge in [-0.05, 0) is 38.0 Å². The van der Waals surface area contributed by atoms with Gasteiger partial charge in [-0.15, -0.1) is 0 Å². The quantitative estimate of drug-likeness (QED) is 0.709. The smallest absolute Gasteiger partial charge is 0.326 e. The molecule has 5 heteroatoms. The summed E-state index contributed by atoms with van der Waals surface area (Å²) >= 11 is 0. The predicted molar refractivity (Wildman–Crippen MR) is 56.8 cm³/mol. The van der Waals surface area contributed by atoms with Gasteiger partial charge in [0.15, 0.2) is 0 Å². The van der Waals surface area contributed by atoms with Crippen LogP contribution in [0.5, 0.6) is 0 Å². The monoisotopic (exact) mass is 237 g/mol. The van der Waals surface area contributed by atoms with Gasteiger partial charge in [0.2, 0.25) is 11.8 Å². The van der Waals surface area contributed by atoms with Crippen LogP contribution < -0.4 is 0 Å². The molecule has 2 aliphatic carbocycles. The zero-order valence-electron chi connectivity index (χ0n) is 9.63. The van der Waals surface area contributed by atoms with Crippen molar-refractivity contribution in [3.8, 4) is 0 Å². The molecule has 3 fully saturated rings. The standard InChI is InChI=1S/C12H15NO4/c1-5(12(16)17)13-10(14)8-6-2-3-7(4-6)9(8)11(13)15/h5-9H,2-4H2,1H3,(H,16,17). The number of nitrogens with zero attached hydrogens (tertiary/aromatic N) is 1. The Labute approximate surface area is 98.8 Å². The Bertz CT molecular complexity index is 391. The van der Waals surface area contributed by atoms with Gasteiger partial charge in [0.05, 0.1) is 11.8 Å². The molecule has 0 aromatic rings. The van der Waals surface area contributed by atoms with Crippen LogP contribution in [-0.4, -0.2) is 33.8 Å². The lowest BCUT2D eigenvalue weighted by molar-refractivity contribution is -0.154. The maximum Gasteiger partial charge on any atom is 0.326 e. The van der Waals surface area contributed by atoms with E-state index in [0.29, 0.717) is 11.8 Å². The molecule has 0 spiro atoms. The maximum absolute atomic E-state index is 12.2. The minimum Gasteiger partial charge on any atom is -0.480 e. The van der Waals surface area contributed by atoms with E-state index in [-0.39, 0.29) is 23.7 Å². The van der Waals surface area contributed by atoms with Crippen LogP contribution in [-0.2, 0) is 14.4 Å². The second-order valence-corrected chi connectivity index (χ2v) is 5.45. The van der Waals surface area contributed by atoms with Gasteiger partial charge in [-0.2, -0.15) is 0 Å². The number of carboxylic acids is 1. The summed E-state index contributed by atoms with van der Waals surface area (Å²) in [5, 5.41) is 8.94. The van der Waals surface area contributed by atoms with Crippen LogP contribution in [0.1, 0.15) is 26.2 Å². The first kappa shape index (κ1) is 10.7. The van der Waals surface area contributed by atoms with Crippen molar-refractivity contribution >= 4 is 17.8 Å². The highest BCUT2D eigenvalue weighted by Gasteiger charge is 2.62. The van der Waals surface area contributed by atoms with Crippen LogP contribution >= 0.6 is 0 Å². The Balaban J connectivity index is 1.93. The van der Waals surface area contributed by atoms with Crippen LogP contribution in [0.4, 0.5) is 0 Å². The van der Waals surface area contributed by atoms with Crippen molar-refractivity contribution < 1.29 is 19.5 Å². The Morgan fingerprint density at radius 3 is 2.12 bits per heavy atom. The number of hydrogen-bond acceptors (Lipinski definition) is 3. The third-order valence-electron chi connectivity index (χ3n) is 4.71. The topological polar surface area (TPSA) is 74.7 Å². The first-order valence-corrected chi connectivity index (χ1v) is 6.12. The van der Waals surface area contributed by atoms with Crippen molar-refractivity contribution in [3.63, 3.8) is 0 Å². The van der Waals surface area contributed by atoms with Crippen molar-refractivity contribution in [2.24, 2.45) is 23.7 Å². The first-order chi connectivity index (χ1) is 8.02. The molecule has 5 unspecified atom stereocenters. The predicted octanol–water partition coefficient (Wildman–Crippen LogP) is 0.491. The molecule has 0 aromatic heterocycles. The van der Waals surface area contributed by atoms with Crippen LogP contribution in [0.2, 0.25) is 0 Å². The molecule has 5 nitrogen and oxygen atoms in total. The number of aliphatic carboxylic acids is 1. The molecule has 2 saturated carbocycles. The normalized spacial score (nSPS) is 40.9. The van der Waals surface area contributed by atoms with Crippen LogP contribution in [0, 0.1) is 23.7 Å². The number of carbonyl (C=O) groups is 3. The van der Waals surface area contributed by atoms with Crippen molar-refractivity contribution in [2.45, 2.75) is 32.2 Å². The van der Waals surface area contributed by atoms with E-state index in [1.54, 1.807) is 0 Å². The van der Waals surface area contributed by atoms with Gasteiger partial charge < -0.3 is 5.11 Å². The Morgan fingerprint density at radius 2 is 1.71 bits per heavy atom. The summed E-state index contributed by atoms with van der Waals surface area (Å²) < 4.78 is 0. The third kappa shape index (κ3) is 1.22. The summed E-state index contributed by atoms with van der Waals surface area (Å²) in [5.74, 6) is -1.42. The van der Waals surface area contributed by atoms with E-state index in [0.717, 1.165) is 24.2 Å². The molecule has 0 aromatic carbocycles. The Hall–Kier alpha value is -1.39. The van der Waals surface area contributed by atoms with Crippen LogP contribution in [0.3, 0.4) is 0 Å². The van der Waals surface area contributed by atoms with E-state index in [4.69, 9.17) is 5.11 Å². The molecule has 3 aliphatic rings. The molecule has 1 aliphatic heterocycles. The zero-order valence-corrected chi connectivity index (χ0v) is 9.63. The maximum atomic E-state index is 12.2. The van der Waals surface area contributed by atoms with Gasteiger partial charge in [0.25, 0.3) is 0 Å². The van der Waals surface area contributed by atoms with Gasteiger partial charge in [0.1, 0.15) is 6.04 Å². The highest BCUT2D eigenvalue weighted by molar-refractivity contribution is 6.08. The van der Waals surface area contributed by atoms with Crippen LogP contribution in [0.15, 0.2) is 0 Å². The fraction of sp³-hybridized carbons (Fsp3) is 0.750. The van der Waals surface area contributed by atoms with Crippen molar-refractivity contribution in [3.05, 3.63) is 0 Å². The molecule has 92 valence electrons. The lowest BCUT2D eigenvalue weighted by atomic mass is 9.81. The molecular formula is C12H15NO4. The molecule has 2 bridgehead atoms. The van der Waals surface area contributed by atoms with Crippen LogP contribution in [0.25, 0.3) is 0 Å². The minimum absolute atomic E-state index is 0.219. The van der Waals surface area contributed by atoms with E-state index in [2.05, 4.69) is 0 Å². The summed E-state index contributed by atoms with van der Waals surface area (Å²) in [6.45, 7) is 1.40. The average molecular weight is 237 g/mol. The lowest BCUT2D eigenvalue weighted by Gasteiger charge is -2.20. The van der Waals surface area contributed by atoms with Gasteiger partial charge >= 0.3 is 5.97 Å². The Morgan fingerprint density at radius 1 is 1.24 bits per heavy atom. The van der Waals surface area contributed by atoms with E-state index in [9.17, 15) is 14.4 Å². The number of likely N-dealkylation sites (tertiary alicyclic amines) is 1. The number of hydrogen-bond donors (Lipinski definition) is 1. The number of imide groups is 1. The molecule has 17 heavy (non-hydrogen) atoms. The number of carboxylic acid groups (broad SMARTS) is 1. The summed E-state index contributed by atoms with van der Waals surface area (Å²) in [4.78, 5) is 36.3. The fourth-order valence-electron chi connectivity index (χ4n) is 3.92. The van der Waals surface area contributed by atoms with Gasteiger partial charge in [-0.3, -0.25) is 14.5 Å². The SMILES string of the molecule is CC(C(=O)O)N1C(=O)C2C3CCC(C3)C2C1=O. The summed E-state index contributed by atoms with van der Waals surface area (Å²) in [5.41, 5.74) is 0. The number of carbonyl (C=O) groups excluding carboxylic acids is 2. The number of fused-ring (bicyclic) bond motifs is 5. The third-order valence-corrected chi connectivity index (χ3v) is 4.71. The van der Waals surface area contributed by atoms with Gasteiger partial charge in [0, 0.05) is 0 Å². The zero-order chi connectivity index (χ0) is 12.3. The highest BCUT2D eigenvalue weighted by atomic mass is 16.4. The minimum atomic E-state index is -1.11. The van der Waals surface area contributed by atoms with Crippen molar-refractivity contribution in [1.29, 1.82) is 0 Å². The lowest BCUT2D eigenvalue weighted by Crippen LogP contribution is -2.44. The van der Waals surface area contributed by atoms with E-state index >= 15 is 0 Å². The molecule has 1 saturated heterocycles. The second-order valence-electron chi connectivity index (χ2n) is 5.45. The largest absolute Gasteiger partial charge is 0.480 e. The second kappa shape index (κ2) is 3.31. The summed E-state index contributed by atoms with van der Waals surface area (Å²) in [6.07, 6.45) is 3.00. The molecule has 1 N–H and O–H groups in total. The molecule has 2 amide bonds. The highest BCUT2D eigenvalue weighted by Crippen LogP contribution is 2.56. The average Bonchev–Trinajstić information content (AvgIpc) is 2.92. The molecule has 5 atom stereocenters. The van der Waals surface area contributed by atoms with E-state index in [1.807, 2.05) is 0 Å². The van der Waals surface area contributed by atoms with Crippen molar-refractivity contribution in [1.82, 2.24) is 4.90 Å². The molecular weight excluding hydrogens is 222 g/mol. The van der Waals surface area contributed by atoms with E-state index in [1.165, 1.54) is 6.92 Å². The van der Waals surface area contributed by atoms with Crippen molar-refractivity contribution in [2.75, 3.05) is 0 Å². The first-order valence-electron chi connectivity index (χ1n) is 6.12. The molecule has 1 heterocycles. The fourth-order valence-corrected chi connectivity index (χ4v) is 3.92.